The Labute approximate surface area is 132 Å². The van der Waals surface area contributed by atoms with E-state index < -0.39 is 0 Å². The van der Waals surface area contributed by atoms with Gasteiger partial charge in [0, 0.05) is 17.9 Å². The van der Waals surface area contributed by atoms with Crippen LogP contribution in [-0.2, 0) is 6.42 Å². The molecule has 1 atom stereocenters. The molecule has 0 aromatic heterocycles. The molecule has 1 nitrogen and oxygen atoms in total. The first-order valence-electron chi connectivity index (χ1n) is 7.56. The summed E-state index contributed by atoms with van der Waals surface area (Å²) in [5, 5.41) is 0. The first-order chi connectivity index (χ1) is 10.7. The second-order valence-electron chi connectivity index (χ2n) is 5.63. The number of allylic oxidation sites excluding steroid dienone is 4. The summed E-state index contributed by atoms with van der Waals surface area (Å²) in [7, 11) is 0. The van der Waals surface area contributed by atoms with Crippen LogP contribution in [0.25, 0.3) is 5.57 Å². The Balaban J connectivity index is 0.000000133. The van der Waals surface area contributed by atoms with Crippen molar-refractivity contribution < 1.29 is 4.74 Å². The van der Waals surface area contributed by atoms with Crippen molar-refractivity contribution in [2.24, 2.45) is 0 Å². The van der Waals surface area contributed by atoms with Crippen LogP contribution in [0.1, 0.15) is 29.5 Å². The van der Waals surface area contributed by atoms with Crippen LogP contribution in [0.3, 0.4) is 0 Å². The number of rotatable bonds is 1. The van der Waals surface area contributed by atoms with Gasteiger partial charge in [0.1, 0.15) is 11.5 Å². The number of fused-ring (bicyclic) bond motifs is 2. The molecule has 1 aliphatic carbocycles. The van der Waals surface area contributed by atoms with Crippen LogP contribution in [0.5, 0.6) is 5.75 Å². The first kappa shape index (κ1) is 14.4. The summed E-state index contributed by atoms with van der Waals surface area (Å²) in [6.07, 6.45) is 5.07. The van der Waals surface area contributed by atoms with E-state index in [2.05, 4.69) is 56.5 Å². The fourth-order valence-corrected chi connectivity index (χ4v) is 2.94. The lowest BCUT2D eigenvalue weighted by molar-refractivity contribution is 0.449. The standard InChI is InChI=1S/C12H12.C9H8O/c1-3-10-8-9(2)11-6-4-5-7-12(10)11;1-7-6-8-4-2-3-5-9(8)10-7/h3-9H,1H2,2H3;2-5H,1,6H2. The second kappa shape index (κ2) is 6.07. The summed E-state index contributed by atoms with van der Waals surface area (Å²) in [5.74, 6) is 2.36. The average Bonchev–Trinajstić information content (AvgIpc) is 3.07. The minimum atomic E-state index is 0.550. The van der Waals surface area contributed by atoms with Gasteiger partial charge in [-0.1, -0.05) is 74.7 Å². The molecule has 1 heteroatoms. The molecule has 22 heavy (non-hydrogen) atoms. The Bertz CT molecular complexity index is 725. The van der Waals surface area contributed by atoms with Crippen LogP contribution < -0.4 is 4.74 Å². The molecule has 2 aromatic rings. The number of hydrogen-bond acceptors (Lipinski definition) is 1. The summed E-state index contributed by atoms with van der Waals surface area (Å²) in [6.45, 7) is 9.77. The van der Waals surface area contributed by atoms with E-state index >= 15 is 0 Å². The minimum absolute atomic E-state index is 0.550. The van der Waals surface area contributed by atoms with Crippen molar-refractivity contribution in [2.45, 2.75) is 19.3 Å². The van der Waals surface area contributed by atoms with Crippen molar-refractivity contribution in [3.05, 3.63) is 96.3 Å². The van der Waals surface area contributed by atoms with Gasteiger partial charge in [0.05, 0.1) is 0 Å². The van der Waals surface area contributed by atoms with Crippen LogP contribution in [0.15, 0.2) is 79.6 Å². The third-order valence-electron chi connectivity index (χ3n) is 4.03. The number of para-hydroxylation sites is 1. The van der Waals surface area contributed by atoms with Crippen molar-refractivity contribution in [3.63, 3.8) is 0 Å². The quantitative estimate of drug-likeness (QED) is 0.672. The fourth-order valence-electron chi connectivity index (χ4n) is 2.94. The van der Waals surface area contributed by atoms with Crippen molar-refractivity contribution in [1.29, 1.82) is 0 Å². The van der Waals surface area contributed by atoms with Gasteiger partial charge in [-0.05, 0) is 22.8 Å². The Hall–Kier alpha value is -2.54. The van der Waals surface area contributed by atoms with Gasteiger partial charge in [0.15, 0.2) is 0 Å². The lowest BCUT2D eigenvalue weighted by atomic mass is 10.0. The van der Waals surface area contributed by atoms with Gasteiger partial charge >= 0.3 is 0 Å². The van der Waals surface area contributed by atoms with E-state index in [0.717, 1.165) is 17.9 Å². The van der Waals surface area contributed by atoms with Gasteiger partial charge in [0.2, 0.25) is 0 Å². The van der Waals surface area contributed by atoms with Gasteiger partial charge in [-0.15, -0.1) is 0 Å². The number of hydrogen-bond donors (Lipinski definition) is 0. The second-order valence-corrected chi connectivity index (χ2v) is 5.63. The van der Waals surface area contributed by atoms with Gasteiger partial charge < -0.3 is 4.74 Å². The monoisotopic (exact) mass is 288 g/mol. The Morgan fingerprint density at radius 3 is 2.59 bits per heavy atom. The zero-order chi connectivity index (χ0) is 15.5. The third-order valence-corrected chi connectivity index (χ3v) is 4.03. The molecule has 1 unspecified atom stereocenters. The summed E-state index contributed by atoms with van der Waals surface area (Å²) in [5.41, 5.74) is 5.29. The highest BCUT2D eigenvalue weighted by molar-refractivity contribution is 5.80. The molecule has 0 fully saturated rings. The lowest BCUT2D eigenvalue weighted by Gasteiger charge is -2.02. The Kier molecular flexibility index (Phi) is 3.97. The predicted octanol–water partition coefficient (Wildman–Crippen LogP) is 5.51. The zero-order valence-corrected chi connectivity index (χ0v) is 12.9. The third kappa shape index (κ3) is 2.75. The lowest BCUT2D eigenvalue weighted by Crippen LogP contribution is -1.85. The van der Waals surface area contributed by atoms with Crippen molar-refractivity contribution in [3.8, 4) is 5.75 Å². The molecule has 1 heterocycles. The molecule has 0 spiro atoms. The van der Waals surface area contributed by atoms with Crippen LogP contribution in [0.2, 0.25) is 0 Å². The van der Waals surface area contributed by atoms with Crippen molar-refractivity contribution >= 4 is 5.57 Å². The van der Waals surface area contributed by atoms with Crippen molar-refractivity contribution in [1.82, 2.24) is 0 Å². The Morgan fingerprint density at radius 1 is 1.09 bits per heavy atom. The first-order valence-corrected chi connectivity index (χ1v) is 7.56. The molecule has 4 rings (SSSR count). The van der Waals surface area contributed by atoms with E-state index in [1.807, 2.05) is 24.3 Å². The maximum atomic E-state index is 5.31. The molecular weight excluding hydrogens is 268 g/mol. The van der Waals surface area contributed by atoms with Crippen LogP contribution in [-0.4, -0.2) is 0 Å². The topological polar surface area (TPSA) is 9.23 Å². The van der Waals surface area contributed by atoms with Crippen LogP contribution >= 0.6 is 0 Å². The van der Waals surface area contributed by atoms with Gasteiger partial charge in [0.25, 0.3) is 0 Å². The van der Waals surface area contributed by atoms with Crippen LogP contribution in [0, 0.1) is 0 Å². The molecule has 0 radical (unpaired) electrons. The largest absolute Gasteiger partial charge is 0.462 e. The molecule has 0 amide bonds. The maximum absolute atomic E-state index is 5.31. The van der Waals surface area contributed by atoms with E-state index in [-0.39, 0.29) is 0 Å². The zero-order valence-electron chi connectivity index (χ0n) is 12.9. The summed E-state index contributed by atoms with van der Waals surface area (Å²) in [6, 6.07) is 16.5. The molecule has 2 aromatic carbocycles. The van der Waals surface area contributed by atoms with E-state index in [4.69, 9.17) is 4.74 Å². The molecule has 0 saturated heterocycles. The Morgan fingerprint density at radius 2 is 1.82 bits per heavy atom. The number of benzene rings is 2. The van der Waals surface area contributed by atoms with E-state index in [1.165, 1.54) is 22.3 Å². The molecule has 0 saturated carbocycles. The summed E-state index contributed by atoms with van der Waals surface area (Å²) < 4.78 is 5.31. The summed E-state index contributed by atoms with van der Waals surface area (Å²) >= 11 is 0. The SMILES string of the molecule is C=C1Cc2ccccc2O1.C=CC1=CC(C)c2ccccc21. The highest BCUT2D eigenvalue weighted by Gasteiger charge is 2.16. The molecule has 0 bridgehead atoms. The molecule has 1 aliphatic heterocycles. The van der Waals surface area contributed by atoms with E-state index in [1.54, 1.807) is 0 Å². The van der Waals surface area contributed by atoms with E-state index in [0.29, 0.717) is 5.92 Å². The van der Waals surface area contributed by atoms with Gasteiger partial charge in [-0.25, -0.2) is 0 Å². The fraction of sp³-hybridized carbons (Fsp3) is 0.143. The number of ether oxygens (including phenoxy) is 1. The minimum Gasteiger partial charge on any atom is -0.462 e. The normalized spacial score (nSPS) is 17.6. The van der Waals surface area contributed by atoms with Crippen molar-refractivity contribution in [2.75, 3.05) is 0 Å². The van der Waals surface area contributed by atoms with Crippen LogP contribution in [0.4, 0.5) is 0 Å². The predicted molar refractivity (Wildman–Crippen MR) is 92.9 cm³/mol. The smallest absolute Gasteiger partial charge is 0.130 e. The maximum Gasteiger partial charge on any atom is 0.130 e. The molecular formula is C21H20O. The molecule has 110 valence electrons. The molecule has 0 N–H and O–H groups in total. The van der Waals surface area contributed by atoms with Gasteiger partial charge in [-0.3, -0.25) is 0 Å². The molecule has 2 aliphatic rings. The summed E-state index contributed by atoms with van der Waals surface area (Å²) in [4.78, 5) is 0. The average molecular weight is 288 g/mol. The van der Waals surface area contributed by atoms with Gasteiger partial charge in [-0.2, -0.15) is 0 Å². The van der Waals surface area contributed by atoms with E-state index in [9.17, 15) is 0 Å². The highest BCUT2D eigenvalue weighted by atomic mass is 16.5. The highest BCUT2D eigenvalue weighted by Crippen LogP contribution is 2.35.